The van der Waals surface area contributed by atoms with Gasteiger partial charge >= 0.3 is 0 Å². The number of nitrogens with one attached hydrogen (secondary N) is 1. The molecule has 0 aliphatic heterocycles. The lowest BCUT2D eigenvalue weighted by Crippen LogP contribution is -2.19. The molecule has 0 radical (unpaired) electrons. The predicted octanol–water partition coefficient (Wildman–Crippen LogP) is 1.54. The maximum atomic E-state index is 12.3. The summed E-state index contributed by atoms with van der Waals surface area (Å²) in [6, 6.07) is 8.62. The first-order valence-corrected chi connectivity index (χ1v) is 7.27. The van der Waals surface area contributed by atoms with Gasteiger partial charge in [0.05, 0.1) is 23.1 Å². The van der Waals surface area contributed by atoms with E-state index in [4.69, 9.17) is 0 Å². The van der Waals surface area contributed by atoms with Gasteiger partial charge in [-0.3, -0.25) is 14.2 Å². The number of benzene rings is 1. The molecule has 2 aromatic heterocycles. The van der Waals surface area contributed by atoms with Crippen LogP contribution in [0, 0.1) is 6.92 Å². The normalized spacial score (nSPS) is 10.9. The van der Waals surface area contributed by atoms with Crippen LogP contribution in [0.2, 0.25) is 0 Å². The highest BCUT2D eigenvalue weighted by Crippen LogP contribution is 2.13. The minimum absolute atomic E-state index is 0.108. The van der Waals surface area contributed by atoms with Crippen molar-refractivity contribution in [3.8, 4) is 0 Å². The summed E-state index contributed by atoms with van der Waals surface area (Å²) >= 11 is 1.28. The van der Waals surface area contributed by atoms with E-state index in [0.717, 1.165) is 0 Å². The molecular formula is C14H12N4O2S. The van der Waals surface area contributed by atoms with Crippen molar-refractivity contribution in [1.29, 1.82) is 0 Å². The van der Waals surface area contributed by atoms with Gasteiger partial charge in [0.2, 0.25) is 0 Å². The van der Waals surface area contributed by atoms with Crippen LogP contribution in [0.4, 0.5) is 0 Å². The van der Waals surface area contributed by atoms with E-state index in [1.165, 1.54) is 28.7 Å². The molecule has 0 saturated heterocycles. The van der Waals surface area contributed by atoms with Gasteiger partial charge in [-0.2, -0.15) is 0 Å². The molecule has 0 spiro atoms. The number of aromatic nitrogens is 4. The molecule has 6 nitrogen and oxygen atoms in total. The number of thioether (sulfide) groups is 1. The van der Waals surface area contributed by atoms with Gasteiger partial charge in [0.25, 0.3) is 11.1 Å². The van der Waals surface area contributed by atoms with Crippen molar-refractivity contribution in [3.05, 3.63) is 63.1 Å². The Morgan fingerprint density at radius 2 is 2.10 bits per heavy atom. The minimum Gasteiger partial charge on any atom is -0.301 e. The monoisotopic (exact) mass is 300 g/mol. The highest BCUT2D eigenvalue weighted by Gasteiger charge is 2.05. The Hall–Kier alpha value is -2.41. The molecular weight excluding hydrogens is 288 g/mol. The SMILES string of the molecule is Cc1cc(=O)[nH]c(SCn2cnc3ccccc3c2=O)n1. The van der Waals surface area contributed by atoms with Crippen LogP contribution in [-0.2, 0) is 5.88 Å². The number of aromatic amines is 1. The van der Waals surface area contributed by atoms with Gasteiger partial charge in [0.15, 0.2) is 5.16 Å². The molecule has 0 aliphatic rings. The summed E-state index contributed by atoms with van der Waals surface area (Å²) in [4.78, 5) is 34.8. The van der Waals surface area contributed by atoms with Crippen LogP contribution in [0.25, 0.3) is 10.9 Å². The fraction of sp³-hybridized carbons (Fsp3) is 0.143. The van der Waals surface area contributed by atoms with Crippen LogP contribution >= 0.6 is 11.8 Å². The van der Waals surface area contributed by atoms with Crippen molar-refractivity contribution >= 4 is 22.7 Å². The van der Waals surface area contributed by atoms with E-state index in [0.29, 0.717) is 27.6 Å². The van der Waals surface area contributed by atoms with Gasteiger partial charge in [0, 0.05) is 11.8 Å². The fourth-order valence-corrected chi connectivity index (χ4v) is 2.78. The Labute approximate surface area is 123 Å². The molecule has 0 aliphatic carbocycles. The lowest BCUT2D eigenvalue weighted by atomic mass is 10.2. The summed E-state index contributed by atoms with van der Waals surface area (Å²) in [5.74, 6) is 0.336. The Kier molecular flexibility index (Phi) is 3.57. The topological polar surface area (TPSA) is 80.6 Å². The van der Waals surface area contributed by atoms with Crippen LogP contribution in [0.5, 0.6) is 0 Å². The Morgan fingerprint density at radius 3 is 2.90 bits per heavy atom. The zero-order chi connectivity index (χ0) is 14.8. The van der Waals surface area contributed by atoms with Gasteiger partial charge in [-0.15, -0.1) is 0 Å². The number of hydrogen-bond donors (Lipinski definition) is 1. The molecule has 0 saturated carbocycles. The van der Waals surface area contributed by atoms with E-state index < -0.39 is 0 Å². The highest BCUT2D eigenvalue weighted by molar-refractivity contribution is 7.98. The molecule has 2 heterocycles. The van der Waals surface area contributed by atoms with Crippen LogP contribution < -0.4 is 11.1 Å². The quantitative estimate of drug-likeness (QED) is 0.586. The third-order valence-electron chi connectivity index (χ3n) is 2.92. The number of fused-ring (bicyclic) bond motifs is 1. The second-order valence-corrected chi connectivity index (χ2v) is 5.44. The van der Waals surface area contributed by atoms with Crippen LogP contribution in [-0.4, -0.2) is 19.5 Å². The van der Waals surface area contributed by atoms with Crippen molar-refractivity contribution in [2.75, 3.05) is 0 Å². The molecule has 0 amide bonds. The minimum atomic E-state index is -0.200. The molecule has 1 aromatic carbocycles. The molecule has 0 atom stereocenters. The summed E-state index contributed by atoms with van der Waals surface area (Å²) in [5.41, 5.74) is 1.01. The van der Waals surface area contributed by atoms with Crippen molar-refractivity contribution < 1.29 is 0 Å². The smallest absolute Gasteiger partial charge is 0.261 e. The summed E-state index contributed by atoms with van der Waals surface area (Å²) in [7, 11) is 0. The van der Waals surface area contributed by atoms with E-state index in [-0.39, 0.29) is 11.1 Å². The summed E-state index contributed by atoms with van der Waals surface area (Å²) in [5, 5.41) is 1.06. The number of para-hydroxylation sites is 1. The molecule has 7 heteroatoms. The lowest BCUT2D eigenvalue weighted by Gasteiger charge is -2.06. The molecule has 0 bridgehead atoms. The predicted molar refractivity (Wildman–Crippen MR) is 81.5 cm³/mol. The lowest BCUT2D eigenvalue weighted by molar-refractivity contribution is 0.813. The largest absolute Gasteiger partial charge is 0.301 e. The second-order valence-electron chi connectivity index (χ2n) is 4.50. The zero-order valence-corrected chi connectivity index (χ0v) is 12.1. The molecule has 21 heavy (non-hydrogen) atoms. The van der Waals surface area contributed by atoms with E-state index in [2.05, 4.69) is 15.0 Å². The molecule has 0 unspecified atom stereocenters. The van der Waals surface area contributed by atoms with Gasteiger partial charge in [-0.1, -0.05) is 23.9 Å². The van der Waals surface area contributed by atoms with Gasteiger partial charge in [-0.05, 0) is 19.1 Å². The average molecular weight is 300 g/mol. The van der Waals surface area contributed by atoms with Crippen molar-refractivity contribution in [1.82, 2.24) is 19.5 Å². The summed E-state index contributed by atoms with van der Waals surface area (Å²) < 4.78 is 1.50. The first-order chi connectivity index (χ1) is 10.1. The number of aryl methyl sites for hydroxylation is 1. The van der Waals surface area contributed by atoms with Crippen LogP contribution in [0.3, 0.4) is 0 Å². The first-order valence-electron chi connectivity index (χ1n) is 6.28. The Bertz CT molecular complexity index is 916. The third-order valence-corrected chi connectivity index (χ3v) is 3.79. The van der Waals surface area contributed by atoms with Crippen molar-refractivity contribution in [2.45, 2.75) is 18.0 Å². The molecule has 106 valence electrons. The standard InChI is InChI=1S/C14H12N4O2S/c1-9-6-12(19)17-14(16-9)21-8-18-7-15-11-5-3-2-4-10(11)13(18)20/h2-7H,8H2,1H3,(H,16,17,19). The van der Waals surface area contributed by atoms with Crippen molar-refractivity contribution in [3.63, 3.8) is 0 Å². The number of rotatable bonds is 3. The third kappa shape index (κ3) is 2.87. The maximum absolute atomic E-state index is 12.3. The fourth-order valence-electron chi connectivity index (χ4n) is 1.95. The summed E-state index contributed by atoms with van der Waals surface area (Å²) in [6.45, 7) is 1.75. The maximum Gasteiger partial charge on any atom is 0.261 e. The molecule has 3 aromatic rings. The van der Waals surface area contributed by atoms with E-state index in [9.17, 15) is 9.59 Å². The van der Waals surface area contributed by atoms with Gasteiger partial charge < -0.3 is 4.98 Å². The zero-order valence-electron chi connectivity index (χ0n) is 11.2. The van der Waals surface area contributed by atoms with Crippen molar-refractivity contribution in [2.24, 2.45) is 0 Å². The second kappa shape index (κ2) is 5.53. The van der Waals surface area contributed by atoms with Crippen LogP contribution in [0.1, 0.15) is 5.69 Å². The molecule has 3 rings (SSSR count). The van der Waals surface area contributed by atoms with E-state index in [1.54, 1.807) is 19.1 Å². The van der Waals surface area contributed by atoms with Gasteiger partial charge in [-0.25, -0.2) is 9.97 Å². The highest BCUT2D eigenvalue weighted by atomic mass is 32.2. The number of nitrogens with zero attached hydrogens (tertiary/aromatic N) is 3. The number of H-pyrrole nitrogens is 1. The van der Waals surface area contributed by atoms with Crippen LogP contribution in [0.15, 0.2) is 51.4 Å². The number of hydrogen-bond acceptors (Lipinski definition) is 5. The molecule has 1 N–H and O–H groups in total. The van der Waals surface area contributed by atoms with Gasteiger partial charge in [0.1, 0.15) is 0 Å². The first kappa shape index (κ1) is 13.6. The Morgan fingerprint density at radius 1 is 1.29 bits per heavy atom. The summed E-state index contributed by atoms with van der Waals surface area (Å²) in [6.07, 6.45) is 1.51. The average Bonchev–Trinajstić information content (AvgIpc) is 2.46. The van der Waals surface area contributed by atoms with E-state index in [1.807, 2.05) is 12.1 Å². The molecule has 0 fully saturated rings. The Balaban J connectivity index is 1.90. The van der Waals surface area contributed by atoms with E-state index >= 15 is 0 Å².